The molecule has 1 fully saturated rings. The summed E-state index contributed by atoms with van der Waals surface area (Å²) in [4.78, 5) is 15.1. The van der Waals surface area contributed by atoms with E-state index in [1.807, 2.05) is 50.2 Å². The van der Waals surface area contributed by atoms with Gasteiger partial charge in [0.1, 0.15) is 0 Å². The first-order chi connectivity index (χ1) is 17.1. The molecule has 35 heavy (non-hydrogen) atoms. The van der Waals surface area contributed by atoms with Gasteiger partial charge in [0.15, 0.2) is 0 Å². The van der Waals surface area contributed by atoms with Crippen LogP contribution in [0.1, 0.15) is 34.5 Å². The number of benzene rings is 3. The van der Waals surface area contributed by atoms with Crippen molar-refractivity contribution in [3.05, 3.63) is 89.5 Å². The van der Waals surface area contributed by atoms with Gasteiger partial charge in [-0.25, -0.2) is 0 Å². The molecule has 0 radical (unpaired) electrons. The number of anilines is 1. The predicted molar refractivity (Wildman–Crippen MR) is 135 cm³/mol. The Hall–Kier alpha value is -3.97. The van der Waals surface area contributed by atoms with Crippen molar-refractivity contribution >= 4 is 11.6 Å². The summed E-state index contributed by atoms with van der Waals surface area (Å²) in [5, 5.41) is 11.4. The number of nitrogens with zero attached hydrogens (tertiary/aromatic N) is 3. The number of nitrogens with one attached hydrogen (secondary N) is 1. The maximum atomic E-state index is 12.8. The molecule has 0 spiro atoms. The Bertz CT molecular complexity index is 1290. The molecule has 7 nitrogen and oxygen atoms in total. The average Bonchev–Trinajstić information content (AvgIpc) is 3.40. The van der Waals surface area contributed by atoms with Gasteiger partial charge in [0.05, 0.1) is 19.3 Å². The van der Waals surface area contributed by atoms with E-state index in [1.54, 1.807) is 12.1 Å². The maximum Gasteiger partial charge on any atom is 0.251 e. The average molecular weight is 469 g/mol. The van der Waals surface area contributed by atoms with Crippen LogP contribution in [0.5, 0.6) is 0 Å². The first-order valence-corrected chi connectivity index (χ1v) is 11.8. The van der Waals surface area contributed by atoms with Crippen molar-refractivity contribution in [2.75, 3.05) is 31.2 Å². The highest BCUT2D eigenvalue weighted by molar-refractivity contribution is 5.94. The summed E-state index contributed by atoms with van der Waals surface area (Å²) in [5.74, 6) is 0.758. The third kappa shape index (κ3) is 5.25. The van der Waals surface area contributed by atoms with Crippen molar-refractivity contribution in [2.45, 2.75) is 19.9 Å². The smallest absolute Gasteiger partial charge is 0.251 e. The van der Waals surface area contributed by atoms with Crippen LogP contribution in [0, 0.1) is 6.92 Å². The number of amides is 1. The summed E-state index contributed by atoms with van der Waals surface area (Å²) < 4.78 is 11.3. The molecule has 4 aromatic rings. The van der Waals surface area contributed by atoms with Crippen LogP contribution in [0.3, 0.4) is 0 Å². The molecular weight excluding hydrogens is 440 g/mol. The highest BCUT2D eigenvalue weighted by Crippen LogP contribution is 2.25. The molecule has 5 rings (SSSR count). The summed E-state index contributed by atoms with van der Waals surface area (Å²) in [5.41, 5.74) is 5.58. The zero-order chi connectivity index (χ0) is 24.2. The van der Waals surface area contributed by atoms with Crippen LogP contribution in [0.2, 0.25) is 0 Å². The van der Waals surface area contributed by atoms with Crippen molar-refractivity contribution in [3.63, 3.8) is 0 Å². The molecule has 1 aliphatic rings. The molecule has 0 bridgehead atoms. The first kappa shape index (κ1) is 22.8. The summed E-state index contributed by atoms with van der Waals surface area (Å²) in [6, 6.07) is 23.3. The number of hydrogen-bond acceptors (Lipinski definition) is 6. The number of aryl methyl sites for hydroxylation is 1. The third-order valence-corrected chi connectivity index (χ3v) is 6.20. The van der Waals surface area contributed by atoms with Gasteiger partial charge in [0.2, 0.25) is 11.8 Å². The second-order valence-corrected chi connectivity index (χ2v) is 8.75. The lowest BCUT2D eigenvalue weighted by molar-refractivity contribution is 0.0940. The number of ether oxygens (including phenoxy) is 1. The number of hydrogen-bond donors (Lipinski definition) is 1. The highest BCUT2D eigenvalue weighted by atomic mass is 16.5. The van der Waals surface area contributed by atoms with Gasteiger partial charge < -0.3 is 19.4 Å². The number of carbonyl (C=O) groups excluding carboxylic acids is 1. The Morgan fingerprint density at radius 2 is 1.60 bits per heavy atom. The van der Waals surface area contributed by atoms with Crippen LogP contribution in [-0.4, -0.2) is 42.4 Å². The second-order valence-electron chi connectivity index (χ2n) is 8.75. The first-order valence-electron chi connectivity index (χ1n) is 11.8. The topological polar surface area (TPSA) is 80.5 Å². The van der Waals surface area contributed by atoms with Crippen LogP contribution < -0.4 is 10.2 Å². The number of aromatic nitrogens is 2. The standard InChI is InChI=1S/C28H28N4O3/c1-19-4-3-5-24(18-19)28-31-30-27(35-28)23-8-6-22(7-9-23)26(33)29-20(2)21-10-12-25(13-11-21)32-14-16-34-17-15-32/h3-13,18,20H,14-17H2,1-2H3,(H,29,33). The Morgan fingerprint density at radius 1 is 0.914 bits per heavy atom. The van der Waals surface area contributed by atoms with Crippen LogP contribution in [0.25, 0.3) is 22.9 Å². The molecule has 1 unspecified atom stereocenters. The van der Waals surface area contributed by atoms with Gasteiger partial charge in [0, 0.05) is 35.5 Å². The molecule has 178 valence electrons. The van der Waals surface area contributed by atoms with Gasteiger partial charge in [-0.05, 0) is 67.9 Å². The Balaban J connectivity index is 1.22. The third-order valence-electron chi connectivity index (χ3n) is 6.20. The van der Waals surface area contributed by atoms with E-state index in [4.69, 9.17) is 9.15 Å². The van der Waals surface area contributed by atoms with Crippen molar-refractivity contribution in [2.24, 2.45) is 0 Å². The van der Waals surface area contributed by atoms with Gasteiger partial charge in [-0.3, -0.25) is 4.79 Å². The fourth-order valence-electron chi connectivity index (χ4n) is 4.16. The molecule has 1 aliphatic heterocycles. The molecule has 1 saturated heterocycles. The predicted octanol–water partition coefficient (Wildman–Crippen LogP) is 5.04. The van der Waals surface area contributed by atoms with Gasteiger partial charge in [-0.2, -0.15) is 0 Å². The second kappa shape index (κ2) is 10.1. The SMILES string of the molecule is Cc1cccc(-c2nnc(-c3ccc(C(=O)NC(C)c4ccc(N5CCOCC5)cc4)cc3)o2)c1. The minimum Gasteiger partial charge on any atom is -0.416 e. The van der Waals surface area contributed by atoms with Crippen LogP contribution >= 0.6 is 0 Å². The zero-order valence-corrected chi connectivity index (χ0v) is 19.9. The Kier molecular flexibility index (Phi) is 6.59. The Morgan fingerprint density at radius 3 is 2.29 bits per heavy atom. The number of carbonyl (C=O) groups is 1. The molecule has 2 heterocycles. The molecule has 1 atom stereocenters. The molecule has 0 aliphatic carbocycles. The Labute approximate surface area is 204 Å². The normalized spacial score (nSPS) is 14.5. The van der Waals surface area contributed by atoms with E-state index >= 15 is 0 Å². The number of rotatable bonds is 6. The van der Waals surface area contributed by atoms with Crippen LogP contribution in [-0.2, 0) is 4.74 Å². The summed E-state index contributed by atoms with van der Waals surface area (Å²) in [6.45, 7) is 7.32. The molecule has 1 amide bonds. The fraction of sp³-hybridized carbons (Fsp3) is 0.250. The van der Waals surface area contributed by atoms with E-state index in [2.05, 4.69) is 44.7 Å². The summed E-state index contributed by atoms with van der Waals surface area (Å²) in [7, 11) is 0. The molecule has 0 saturated carbocycles. The maximum absolute atomic E-state index is 12.8. The largest absolute Gasteiger partial charge is 0.416 e. The highest BCUT2D eigenvalue weighted by Gasteiger charge is 2.15. The minimum absolute atomic E-state index is 0.117. The van der Waals surface area contributed by atoms with E-state index < -0.39 is 0 Å². The lowest BCUT2D eigenvalue weighted by atomic mass is 10.1. The van der Waals surface area contributed by atoms with Crippen molar-refractivity contribution in [1.29, 1.82) is 0 Å². The lowest BCUT2D eigenvalue weighted by Crippen LogP contribution is -2.36. The van der Waals surface area contributed by atoms with Gasteiger partial charge in [-0.1, -0.05) is 29.8 Å². The molecule has 1 aromatic heterocycles. The van der Waals surface area contributed by atoms with E-state index in [9.17, 15) is 4.79 Å². The summed E-state index contributed by atoms with van der Waals surface area (Å²) >= 11 is 0. The fourth-order valence-corrected chi connectivity index (χ4v) is 4.16. The van der Waals surface area contributed by atoms with E-state index in [-0.39, 0.29) is 11.9 Å². The van der Waals surface area contributed by atoms with Crippen molar-refractivity contribution in [1.82, 2.24) is 15.5 Å². The van der Waals surface area contributed by atoms with E-state index in [0.717, 1.165) is 48.6 Å². The van der Waals surface area contributed by atoms with Crippen LogP contribution in [0.15, 0.2) is 77.2 Å². The van der Waals surface area contributed by atoms with Gasteiger partial charge in [-0.15, -0.1) is 10.2 Å². The quantitative estimate of drug-likeness (QED) is 0.427. The van der Waals surface area contributed by atoms with Crippen LogP contribution in [0.4, 0.5) is 5.69 Å². The lowest BCUT2D eigenvalue weighted by Gasteiger charge is -2.29. The molecule has 3 aromatic carbocycles. The van der Waals surface area contributed by atoms with E-state index in [0.29, 0.717) is 17.3 Å². The monoisotopic (exact) mass is 468 g/mol. The van der Waals surface area contributed by atoms with Crippen molar-refractivity contribution in [3.8, 4) is 22.9 Å². The molecule has 7 heteroatoms. The van der Waals surface area contributed by atoms with E-state index in [1.165, 1.54) is 5.69 Å². The van der Waals surface area contributed by atoms with Gasteiger partial charge >= 0.3 is 0 Å². The van der Waals surface area contributed by atoms with Crippen molar-refractivity contribution < 1.29 is 13.9 Å². The molecular formula is C28H28N4O3. The summed E-state index contributed by atoms with van der Waals surface area (Å²) in [6.07, 6.45) is 0. The zero-order valence-electron chi connectivity index (χ0n) is 19.9. The number of morpholine rings is 1. The minimum atomic E-state index is -0.132. The molecule has 1 N–H and O–H groups in total. The van der Waals surface area contributed by atoms with Gasteiger partial charge in [0.25, 0.3) is 5.91 Å².